The molecule has 0 spiro atoms. The number of hydrogen-bond donors (Lipinski definition) is 2. The van der Waals surface area contributed by atoms with Gasteiger partial charge in [0.25, 0.3) is 0 Å². The first-order chi connectivity index (χ1) is 15.1. The maximum atomic E-state index is 5.91. The summed E-state index contributed by atoms with van der Waals surface area (Å²) in [5.41, 5.74) is 15.5. The molecule has 4 rings (SSSR count). The second-order valence-corrected chi connectivity index (χ2v) is 7.45. The van der Waals surface area contributed by atoms with Gasteiger partial charge in [-0.25, -0.2) is 0 Å². The molecule has 0 heterocycles. The van der Waals surface area contributed by atoms with Crippen molar-refractivity contribution in [2.75, 3.05) is 11.5 Å². The quantitative estimate of drug-likeness (QED) is 0.323. The minimum Gasteiger partial charge on any atom is -0.457 e. The van der Waals surface area contributed by atoms with Gasteiger partial charge < -0.3 is 20.9 Å². The highest BCUT2D eigenvalue weighted by Gasteiger charge is 2.13. The Kier molecular flexibility index (Phi) is 6.08. The fraction of sp³-hybridized carbons (Fsp3) is 0.111. The second kappa shape index (κ2) is 9.26. The van der Waals surface area contributed by atoms with Crippen LogP contribution in [0.4, 0.5) is 11.4 Å². The molecule has 4 nitrogen and oxygen atoms in total. The van der Waals surface area contributed by atoms with Gasteiger partial charge in [0.05, 0.1) is 0 Å². The summed E-state index contributed by atoms with van der Waals surface area (Å²) in [7, 11) is 0. The molecular formula is C27H26N2O2. The number of ether oxygens (including phenoxy) is 2. The van der Waals surface area contributed by atoms with E-state index in [1.807, 2.05) is 72.8 Å². The molecule has 0 radical (unpaired) electrons. The van der Waals surface area contributed by atoms with Gasteiger partial charge in [0.15, 0.2) is 0 Å². The summed E-state index contributed by atoms with van der Waals surface area (Å²) in [5.74, 6) is 3.33. The largest absolute Gasteiger partial charge is 0.457 e. The van der Waals surface area contributed by atoms with Gasteiger partial charge >= 0.3 is 0 Å². The van der Waals surface area contributed by atoms with Gasteiger partial charge in [-0.05, 0) is 66.1 Å². The molecule has 0 aromatic heterocycles. The van der Waals surface area contributed by atoms with E-state index in [9.17, 15) is 0 Å². The lowest BCUT2D eigenvalue weighted by molar-refractivity contribution is 0.482. The van der Waals surface area contributed by atoms with E-state index < -0.39 is 0 Å². The van der Waals surface area contributed by atoms with Crippen molar-refractivity contribution < 1.29 is 9.47 Å². The van der Waals surface area contributed by atoms with Gasteiger partial charge in [0, 0.05) is 29.4 Å². The van der Waals surface area contributed by atoms with E-state index in [0.29, 0.717) is 17.3 Å². The standard InChI is InChI=1S/C27H26N2O2/c1-2-27(19-9-13-23(14-10-19)30-25-7-3-5-21(28)17-25)20-11-15-24(16-12-20)31-26-8-4-6-22(29)18-26/h3-18,27H,2,28-29H2,1H3. The van der Waals surface area contributed by atoms with Crippen molar-refractivity contribution in [2.45, 2.75) is 19.3 Å². The molecule has 0 aliphatic rings. The van der Waals surface area contributed by atoms with Crippen LogP contribution in [0.3, 0.4) is 0 Å². The van der Waals surface area contributed by atoms with E-state index in [2.05, 4.69) is 31.2 Å². The number of rotatable bonds is 7. The summed E-state index contributed by atoms with van der Waals surface area (Å²) in [6.45, 7) is 2.19. The van der Waals surface area contributed by atoms with Crippen molar-refractivity contribution in [3.05, 3.63) is 108 Å². The third-order valence-electron chi connectivity index (χ3n) is 5.16. The molecule has 0 saturated carbocycles. The van der Waals surface area contributed by atoms with Crippen molar-refractivity contribution in [3.63, 3.8) is 0 Å². The highest BCUT2D eigenvalue weighted by atomic mass is 16.5. The normalized spacial score (nSPS) is 10.8. The zero-order valence-electron chi connectivity index (χ0n) is 17.5. The molecule has 0 unspecified atom stereocenters. The first-order valence-electron chi connectivity index (χ1n) is 10.4. The summed E-state index contributed by atoms with van der Waals surface area (Å²) in [6.07, 6.45) is 0.991. The smallest absolute Gasteiger partial charge is 0.129 e. The average Bonchev–Trinajstić information content (AvgIpc) is 2.77. The van der Waals surface area contributed by atoms with Gasteiger partial charge in [0.2, 0.25) is 0 Å². The van der Waals surface area contributed by atoms with Crippen LogP contribution in [0.15, 0.2) is 97.1 Å². The number of hydrogen-bond acceptors (Lipinski definition) is 4. The predicted octanol–water partition coefficient (Wildman–Crippen LogP) is 6.98. The Morgan fingerprint density at radius 2 is 1.00 bits per heavy atom. The molecule has 4 aromatic rings. The molecule has 0 atom stereocenters. The Labute approximate surface area is 183 Å². The highest BCUT2D eigenvalue weighted by molar-refractivity contribution is 5.47. The molecule has 0 amide bonds. The molecule has 0 fully saturated rings. The van der Waals surface area contributed by atoms with Crippen molar-refractivity contribution in [1.29, 1.82) is 0 Å². The van der Waals surface area contributed by atoms with Crippen LogP contribution in [0.2, 0.25) is 0 Å². The maximum absolute atomic E-state index is 5.91. The van der Waals surface area contributed by atoms with Gasteiger partial charge in [-0.15, -0.1) is 0 Å². The molecule has 0 aliphatic heterocycles. The Morgan fingerprint density at radius 1 is 0.581 bits per heavy atom. The van der Waals surface area contributed by atoms with Crippen LogP contribution in [0.5, 0.6) is 23.0 Å². The first kappa shape index (κ1) is 20.4. The van der Waals surface area contributed by atoms with Crippen molar-refractivity contribution in [2.24, 2.45) is 0 Å². The van der Waals surface area contributed by atoms with Gasteiger partial charge in [-0.1, -0.05) is 43.3 Å². The topological polar surface area (TPSA) is 70.5 Å². The minimum atomic E-state index is 0.294. The van der Waals surface area contributed by atoms with Crippen LogP contribution in [-0.4, -0.2) is 0 Å². The zero-order chi connectivity index (χ0) is 21.6. The highest BCUT2D eigenvalue weighted by Crippen LogP contribution is 2.32. The van der Waals surface area contributed by atoms with Crippen LogP contribution in [0, 0.1) is 0 Å². The molecule has 31 heavy (non-hydrogen) atoms. The van der Waals surface area contributed by atoms with E-state index >= 15 is 0 Å². The summed E-state index contributed by atoms with van der Waals surface area (Å²) in [5, 5.41) is 0. The van der Waals surface area contributed by atoms with Crippen LogP contribution in [0.1, 0.15) is 30.4 Å². The van der Waals surface area contributed by atoms with Crippen molar-refractivity contribution >= 4 is 11.4 Å². The van der Waals surface area contributed by atoms with Gasteiger partial charge in [-0.3, -0.25) is 0 Å². The number of benzene rings is 4. The van der Waals surface area contributed by atoms with Crippen LogP contribution >= 0.6 is 0 Å². The SMILES string of the molecule is CCC(c1ccc(Oc2cccc(N)c2)cc1)c1ccc(Oc2cccc(N)c2)cc1. The van der Waals surface area contributed by atoms with Gasteiger partial charge in [0.1, 0.15) is 23.0 Å². The lowest BCUT2D eigenvalue weighted by atomic mass is 9.89. The number of anilines is 2. The Balaban J connectivity index is 1.46. The molecule has 4 aromatic carbocycles. The maximum Gasteiger partial charge on any atom is 0.129 e. The fourth-order valence-corrected chi connectivity index (χ4v) is 3.63. The predicted molar refractivity (Wildman–Crippen MR) is 127 cm³/mol. The third kappa shape index (κ3) is 5.17. The van der Waals surface area contributed by atoms with Crippen LogP contribution in [0.25, 0.3) is 0 Å². The lowest BCUT2D eigenvalue weighted by Gasteiger charge is -2.17. The van der Waals surface area contributed by atoms with Crippen molar-refractivity contribution in [1.82, 2.24) is 0 Å². The monoisotopic (exact) mass is 410 g/mol. The summed E-state index contributed by atoms with van der Waals surface area (Å²) in [6, 6.07) is 31.3. The molecule has 156 valence electrons. The average molecular weight is 411 g/mol. The third-order valence-corrected chi connectivity index (χ3v) is 5.16. The Hall–Kier alpha value is -3.92. The van der Waals surface area contributed by atoms with Crippen LogP contribution < -0.4 is 20.9 Å². The van der Waals surface area contributed by atoms with E-state index in [1.165, 1.54) is 11.1 Å². The first-order valence-corrected chi connectivity index (χ1v) is 10.4. The van der Waals surface area contributed by atoms with Crippen molar-refractivity contribution in [3.8, 4) is 23.0 Å². The molecule has 4 N–H and O–H groups in total. The minimum absolute atomic E-state index is 0.294. The van der Waals surface area contributed by atoms with E-state index in [0.717, 1.165) is 29.4 Å². The molecule has 0 aliphatic carbocycles. The zero-order valence-corrected chi connectivity index (χ0v) is 17.5. The van der Waals surface area contributed by atoms with E-state index in [-0.39, 0.29) is 0 Å². The number of nitrogen functional groups attached to an aromatic ring is 2. The Bertz CT molecular complexity index is 1050. The van der Waals surface area contributed by atoms with Gasteiger partial charge in [-0.2, -0.15) is 0 Å². The molecule has 0 saturated heterocycles. The Morgan fingerprint density at radius 3 is 1.35 bits per heavy atom. The summed E-state index contributed by atoms with van der Waals surface area (Å²) in [4.78, 5) is 0. The molecule has 4 heteroatoms. The molecule has 0 bridgehead atoms. The van der Waals surface area contributed by atoms with E-state index in [4.69, 9.17) is 20.9 Å². The lowest BCUT2D eigenvalue weighted by Crippen LogP contribution is -2.00. The fourth-order valence-electron chi connectivity index (χ4n) is 3.63. The second-order valence-electron chi connectivity index (χ2n) is 7.45. The van der Waals surface area contributed by atoms with Crippen LogP contribution in [-0.2, 0) is 0 Å². The van der Waals surface area contributed by atoms with E-state index in [1.54, 1.807) is 0 Å². The molecular weight excluding hydrogens is 384 g/mol. The summed E-state index contributed by atoms with van der Waals surface area (Å²) < 4.78 is 11.8. The summed E-state index contributed by atoms with van der Waals surface area (Å²) >= 11 is 0. The number of nitrogens with two attached hydrogens (primary N) is 2.